The lowest BCUT2D eigenvalue weighted by atomic mass is 9.99. The van der Waals surface area contributed by atoms with E-state index in [0.717, 1.165) is 16.8 Å². The molecule has 0 aromatic heterocycles. The average Bonchev–Trinajstić information content (AvgIpc) is 3.12. The summed E-state index contributed by atoms with van der Waals surface area (Å²) in [5.74, 6) is 0.528. The second kappa shape index (κ2) is 8.24. The molecule has 0 fully saturated rings. The van der Waals surface area contributed by atoms with Gasteiger partial charge < -0.3 is 5.32 Å². The summed E-state index contributed by atoms with van der Waals surface area (Å²) >= 11 is 6.05. The fourth-order valence-electron chi connectivity index (χ4n) is 3.26. The SMILES string of the molecule is O=C(NC1=NC(Cc2ccccc2)=C(c2ccc(Cl)cc2)C1)c1ccccc1. The minimum absolute atomic E-state index is 0.143. The molecule has 0 spiro atoms. The molecule has 4 rings (SSSR count). The van der Waals surface area contributed by atoms with Crippen LogP contribution in [0.4, 0.5) is 0 Å². The van der Waals surface area contributed by atoms with E-state index in [4.69, 9.17) is 16.6 Å². The second-order valence-electron chi connectivity index (χ2n) is 6.65. The zero-order chi connectivity index (χ0) is 19.3. The van der Waals surface area contributed by atoms with Crippen LogP contribution in [0.25, 0.3) is 5.57 Å². The van der Waals surface area contributed by atoms with Crippen LogP contribution in [0.15, 0.2) is 95.6 Å². The largest absolute Gasteiger partial charge is 0.310 e. The number of nitrogens with zero attached hydrogens (tertiary/aromatic N) is 1. The van der Waals surface area contributed by atoms with Gasteiger partial charge >= 0.3 is 0 Å². The Balaban J connectivity index is 1.60. The van der Waals surface area contributed by atoms with E-state index in [9.17, 15) is 4.79 Å². The lowest BCUT2D eigenvalue weighted by molar-refractivity contribution is 0.0976. The molecule has 3 aromatic carbocycles. The number of carbonyl (C=O) groups excluding carboxylic acids is 1. The predicted molar refractivity (Wildman–Crippen MR) is 114 cm³/mol. The van der Waals surface area contributed by atoms with E-state index in [2.05, 4.69) is 17.4 Å². The Hall–Kier alpha value is -3.17. The van der Waals surface area contributed by atoms with Gasteiger partial charge in [0, 0.05) is 23.4 Å². The number of rotatable bonds is 4. The maximum atomic E-state index is 12.5. The highest BCUT2D eigenvalue weighted by Gasteiger charge is 2.21. The molecule has 0 radical (unpaired) electrons. The van der Waals surface area contributed by atoms with Crippen LogP contribution in [0.3, 0.4) is 0 Å². The number of aliphatic imine (C=N–C) groups is 1. The van der Waals surface area contributed by atoms with Crippen molar-refractivity contribution in [2.24, 2.45) is 4.99 Å². The molecule has 0 bridgehead atoms. The van der Waals surface area contributed by atoms with E-state index in [1.165, 1.54) is 5.56 Å². The minimum atomic E-state index is -0.143. The van der Waals surface area contributed by atoms with Gasteiger partial charge in [-0.3, -0.25) is 4.79 Å². The topological polar surface area (TPSA) is 41.5 Å². The molecule has 1 heterocycles. The van der Waals surface area contributed by atoms with Crippen molar-refractivity contribution in [1.29, 1.82) is 0 Å². The van der Waals surface area contributed by atoms with Crippen LogP contribution in [0, 0.1) is 0 Å². The molecule has 0 atom stereocenters. The van der Waals surface area contributed by atoms with Gasteiger partial charge in [0.1, 0.15) is 5.84 Å². The van der Waals surface area contributed by atoms with Gasteiger partial charge in [-0.15, -0.1) is 0 Å². The van der Waals surface area contributed by atoms with Crippen LogP contribution in [0.5, 0.6) is 0 Å². The molecule has 1 aliphatic rings. The van der Waals surface area contributed by atoms with Gasteiger partial charge in [-0.2, -0.15) is 0 Å². The second-order valence-corrected chi connectivity index (χ2v) is 7.09. The molecule has 0 unspecified atom stereocenters. The van der Waals surface area contributed by atoms with Crippen molar-refractivity contribution in [3.63, 3.8) is 0 Å². The number of benzene rings is 3. The summed E-state index contributed by atoms with van der Waals surface area (Å²) in [5.41, 5.74) is 4.96. The number of hydrogen-bond donors (Lipinski definition) is 1. The quantitative estimate of drug-likeness (QED) is 0.629. The number of amides is 1. The van der Waals surface area contributed by atoms with E-state index in [0.29, 0.717) is 29.3 Å². The van der Waals surface area contributed by atoms with Crippen molar-refractivity contribution in [3.05, 3.63) is 112 Å². The van der Waals surface area contributed by atoms with E-state index in [1.54, 1.807) is 12.1 Å². The third-order valence-electron chi connectivity index (χ3n) is 4.66. The molecule has 0 aliphatic carbocycles. The van der Waals surface area contributed by atoms with E-state index in [1.807, 2.05) is 60.7 Å². The number of allylic oxidation sites excluding steroid dienone is 1. The van der Waals surface area contributed by atoms with Crippen molar-refractivity contribution in [2.45, 2.75) is 12.8 Å². The fourth-order valence-corrected chi connectivity index (χ4v) is 3.39. The van der Waals surface area contributed by atoms with Crippen LogP contribution in [-0.4, -0.2) is 11.7 Å². The first kappa shape index (κ1) is 18.2. The standard InChI is InChI=1S/C24H19ClN2O/c25-20-13-11-18(12-14-20)21-16-23(27-24(28)19-9-5-2-6-10-19)26-22(21)15-17-7-3-1-4-8-17/h1-14H,15-16H2,(H,26,27,28). The van der Waals surface area contributed by atoms with Gasteiger partial charge in [-0.1, -0.05) is 72.3 Å². The summed E-state index contributed by atoms with van der Waals surface area (Å²) in [6, 6.07) is 27.2. The predicted octanol–water partition coefficient (Wildman–Crippen LogP) is 5.53. The Morgan fingerprint density at radius 2 is 1.54 bits per heavy atom. The first-order valence-corrected chi connectivity index (χ1v) is 9.53. The normalized spacial score (nSPS) is 13.4. The van der Waals surface area contributed by atoms with Crippen molar-refractivity contribution < 1.29 is 4.79 Å². The number of hydrogen-bond acceptors (Lipinski definition) is 2. The van der Waals surface area contributed by atoms with E-state index < -0.39 is 0 Å². The zero-order valence-electron chi connectivity index (χ0n) is 15.2. The smallest absolute Gasteiger partial charge is 0.256 e. The molecule has 138 valence electrons. The third kappa shape index (κ3) is 4.21. The molecule has 1 N–H and O–H groups in total. The molecule has 4 heteroatoms. The highest BCUT2D eigenvalue weighted by Crippen LogP contribution is 2.31. The van der Waals surface area contributed by atoms with Crippen molar-refractivity contribution in [3.8, 4) is 0 Å². The number of amidine groups is 1. The molecule has 0 saturated heterocycles. The van der Waals surface area contributed by atoms with Gasteiger partial charge in [0.2, 0.25) is 0 Å². The number of carbonyl (C=O) groups is 1. The Labute approximate surface area is 169 Å². The highest BCUT2D eigenvalue weighted by atomic mass is 35.5. The number of nitrogens with one attached hydrogen (secondary N) is 1. The summed E-state index contributed by atoms with van der Waals surface area (Å²) in [5, 5.41) is 3.66. The monoisotopic (exact) mass is 386 g/mol. The Morgan fingerprint density at radius 3 is 2.21 bits per heavy atom. The third-order valence-corrected chi connectivity index (χ3v) is 4.92. The number of halogens is 1. The van der Waals surface area contributed by atoms with E-state index >= 15 is 0 Å². The van der Waals surface area contributed by atoms with Crippen LogP contribution < -0.4 is 5.32 Å². The molecule has 3 aromatic rings. The van der Waals surface area contributed by atoms with Crippen LogP contribution >= 0.6 is 11.6 Å². The van der Waals surface area contributed by atoms with Crippen molar-refractivity contribution >= 4 is 28.9 Å². The summed E-state index contributed by atoms with van der Waals surface area (Å²) < 4.78 is 0. The van der Waals surface area contributed by atoms with Gasteiger partial charge in [0.25, 0.3) is 5.91 Å². The molecule has 0 saturated carbocycles. The molecule has 1 aliphatic heterocycles. The van der Waals surface area contributed by atoms with Crippen LogP contribution in [0.1, 0.15) is 27.9 Å². The lowest BCUT2D eigenvalue weighted by Gasteiger charge is -2.07. The summed E-state index contributed by atoms with van der Waals surface area (Å²) in [6.45, 7) is 0. The van der Waals surface area contributed by atoms with Gasteiger partial charge in [-0.25, -0.2) is 4.99 Å². The van der Waals surface area contributed by atoms with Crippen molar-refractivity contribution in [1.82, 2.24) is 5.32 Å². The zero-order valence-corrected chi connectivity index (χ0v) is 16.0. The van der Waals surface area contributed by atoms with Gasteiger partial charge in [0.15, 0.2) is 0 Å². The van der Waals surface area contributed by atoms with Gasteiger partial charge in [0.05, 0.1) is 5.70 Å². The average molecular weight is 387 g/mol. The Kier molecular flexibility index (Phi) is 5.36. The van der Waals surface area contributed by atoms with Crippen molar-refractivity contribution in [2.75, 3.05) is 0 Å². The highest BCUT2D eigenvalue weighted by molar-refractivity contribution is 6.30. The maximum Gasteiger partial charge on any atom is 0.256 e. The van der Waals surface area contributed by atoms with E-state index in [-0.39, 0.29) is 5.91 Å². The van der Waals surface area contributed by atoms with Gasteiger partial charge in [-0.05, 0) is 41.0 Å². The first-order chi connectivity index (χ1) is 13.7. The lowest BCUT2D eigenvalue weighted by Crippen LogP contribution is -2.29. The molecule has 1 amide bonds. The fraction of sp³-hybridized carbons (Fsp3) is 0.0833. The summed E-state index contributed by atoms with van der Waals surface area (Å²) in [7, 11) is 0. The molecular weight excluding hydrogens is 368 g/mol. The maximum absolute atomic E-state index is 12.5. The molecular formula is C24H19ClN2O. The molecule has 3 nitrogen and oxygen atoms in total. The van der Waals surface area contributed by atoms with Crippen LogP contribution in [0.2, 0.25) is 5.02 Å². The molecule has 28 heavy (non-hydrogen) atoms. The van der Waals surface area contributed by atoms with Crippen LogP contribution in [-0.2, 0) is 6.42 Å². The minimum Gasteiger partial charge on any atom is -0.310 e. The first-order valence-electron chi connectivity index (χ1n) is 9.15. The summed E-state index contributed by atoms with van der Waals surface area (Å²) in [6.07, 6.45) is 1.30. The Bertz CT molecular complexity index is 1040. The Morgan fingerprint density at radius 1 is 0.893 bits per heavy atom. The summed E-state index contributed by atoms with van der Waals surface area (Å²) in [4.78, 5) is 17.3.